The molecule has 0 spiro atoms. The molecule has 1 aliphatic rings. The van der Waals surface area contributed by atoms with Gasteiger partial charge in [0, 0.05) is 15.3 Å². The van der Waals surface area contributed by atoms with Crippen molar-refractivity contribution in [3.05, 3.63) is 68.2 Å². The number of anilines is 1. The Morgan fingerprint density at radius 3 is 2.76 bits per heavy atom. The van der Waals surface area contributed by atoms with Crippen molar-refractivity contribution in [1.29, 1.82) is 0 Å². The summed E-state index contributed by atoms with van der Waals surface area (Å²) < 4.78 is 2.44. The Morgan fingerprint density at radius 2 is 1.92 bits per heavy atom. The van der Waals surface area contributed by atoms with Crippen molar-refractivity contribution in [1.82, 2.24) is 9.97 Å². The minimum Gasteiger partial charge on any atom is -0.340 e. The highest BCUT2D eigenvalue weighted by atomic mass is 127. The molecule has 2 aromatic heterocycles. The van der Waals surface area contributed by atoms with Crippen LogP contribution in [0.15, 0.2) is 64.5 Å². The van der Waals surface area contributed by atoms with Crippen LogP contribution in [0.5, 0.6) is 0 Å². The van der Waals surface area contributed by atoms with Gasteiger partial charge in [0.15, 0.2) is 0 Å². The lowest BCUT2D eigenvalue weighted by molar-refractivity contribution is 1.35. The van der Waals surface area contributed by atoms with Crippen LogP contribution in [0.2, 0.25) is 0 Å². The zero-order chi connectivity index (χ0) is 16.8. The summed E-state index contributed by atoms with van der Waals surface area (Å²) >= 11 is 5.79. The molecule has 3 nitrogen and oxygen atoms in total. The van der Waals surface area contributed by atoms with E-state index in [1.807, 2.05) is 6.07 Å². The fourth-order valence-electron chi connectivity index (χ4n) is 2.81. The van der Waals surface area contributed by atoms with Crippen LogP contribution >= 0.6 is 45.7 Å². The lowest BCUT2D eigenvalue weighted by Gasteiger charge is -2.00. The third-order valence-electron chi connectivity index (χ3n) is 3.96. The average Bonchev–Trinajstić information content (AvgIpc) is 3.28. The minimum atomic E-state index is 1.03. The van der Waals surface area contributed by atoms with E-state index in [0.29, 0.717) is 0 Å². The van der Waals surface area contributed by atoms with Gasteiger partial charge >= 0.3 is 0 Å². The molecule has 122 valence electrons. The van der Waals surface area contributed by atoms with Crippen molar-refractivity contribution < 1.29 is 0 Å². The number of nitrogens with one attached hydrogen (secondary N) is 2. The highest BCUT2D eigenvalue weighted by Gasteiger charge is 2.20. The molecule has 5 rings (SSSR count). The molecule has 25 heavy (non-hydrogen) atoms. The molecular formula is C19H12IN3S2. The molecule has 0 aliphatic carbocycles. The Balaban J connectivity index is 1.42. The molecule has 0 atom stereocenters. The number of halogens is 1. The van der Waals surface area contributed by atoms with Gasteiger partial charge in [-0.3, -0.25) is 0 Å². The van der Waals surface area contributed by atoms with E-state index in [1.54, 1.807) is 23.1 Å². The Labute approximate surface area is 166 Å². The van der Waals surface area contributed by atoms with Crippen molar-refractivity contribution in [2.24, 2.45) is 0 Å². The maximum absolute atomic E-state index is 4.72. The summed E-state index contributed by atoms with van der Waals surface area (Å²) in [6.45, 7) is 0. The summed E-state index contributed by atoms with van der Waals surface area (Å²) in [7, 11) is 0. The fourth-order valence-corrected chi connectivity index (χ4v) is 5.19. The summed E-state index contributed by atoms with van der Waals surface area (Å²) in [4.78, 5) is 9.42. The maximum Gasteiger partial charge on any atom is 0.122 e. The third kappa shape index (κ3) is 2.98. The second kappa shape index (κ2) is 6.19. The number of fused-ring (bicyclic) bond motifs is 2. The molecule has 6 heteroatoms. The van der Waals surface area contributed by atoms with E-state index in [4.69, 9.17) is 4.98 Å². The highest BCUT2D eigenvalue weighted by molar-refractivity contribution is 14.1. The Hall–Kier alpha value is -1.77. The van der Waals surface area contributed by atoms with Gasteiger partial charge in [-0.2, -0.15) is 0 Å². The van der Waals surface area contributed by atoms with Crippen molar-refractivity contribution in [2.45, 2.75) is 4.90 Å². The molecular weight excluding hydrogens is 461 g/mol. The van der Waals surface area contributed by atoms with Crippen molar-refractivity contribution in [3.63, 3.8) is 0 Å². The van der Waals surface area contributed by atoms with Crippen LogP contribution in [0.25, 0.3) is 27.6 Å². The van der Waals surface area contributed by atoms with E-state index in [9.17, 15) is 0 Å². The SMILES string of the molecule is Ic1ccc2sc(C=C3Nc4[nH]c(-c5ccccc5)cc4S3)nc2c1. The van der Waals surface area contributed by atoms with E-state index in [-0.39, 0.29) is 0 Å². The molecule has 0 fully saturated rings. The predicted molar refractivity (Wildman–Crippen MR) is 116 cm³/mol. The zero-order valence-electron chi connectivity index (χ0n) is 12.9. The number of H-pyrrole nitrogens is 1. The summed E-state index contributed by atoms with van der Waals surface area (Å²) in [5, 5.41) is 5.60. The summed E-state index contributed by atoms with van der Waals surface area (Å²) in [6, 6.07) is 19.0. The van der Waals surface area contributed by atoms with Crippen LogP contribution in [-0.2, 0) is 0 Å². The van der Waals surface area contributed by atoms with Crippen LogP contribution in [0.3, 0.4) is 0 Å². The van der Waals surface area contributed by atoms with E-state index >= 15 is 0 Å². The molecule has 0 radical (unpaired) electrons. The Kier molecular flexibility index (Phi) is 3.83. The number of hydrogen-bond donors (Lipinski definition) is 2. The van der Waals surface area contributed by atoms with Crippen LogP contribution in [0, 0.1) is 3.57 Å². The highest BCUT2D eigenvalue weighted by Crippen LogP contribution is 2.44. The largest absolute Gasteiger partial charge is 0.340 e. The van der Waals surface area contributed by atoms with Crippen molar-refractivity contribution in [2.75, 3.05) is 5.32 Å². The monoisotopic (exact) mass is 473 g/mol. The Morgan fingerprint density at radius 1 is 1.04 bits per heavy atom. The standard InChI is InChI=1S/C19H12IN3S2/c20-12-6-7-15-14(8-12)21-17(24-15)10-18-23-19-16(25-18)9-13(22-19)11-4-2-1-3-5-11/h1-10,22-23H. The molecule has 2 aromatic carbocycles. The normalized spacial score (nSPS) is 14.8. The number of benzene rings is 2. The number of thioether (sulfide) groups is 1. The van der Waals surface area contributed by atoms with Gasteiger partial charge in [-0.1, -0.05) is 42.1 Å². The average molecular weight is 473 g/mol. The molecule has 0 bridgehead atoms. The van der Waals surface area contributed by atoms with Gasteiger partial charge in [0.1, 0.15) is 10.8 Å². The molecule has 0 saturated carbocycles. The summed E-state index contributed by atoms with van der Waals surface area (Å²) in [5.41, 5.74) is 3.40. The molecule has 1 aliphatic heterocycles. The number of hydrogen-bond acceptors (Lipinski definition) is 4. The molecule has 0 unspecified atom stereocenters. The first-order valence-electron chi connectivity index (χ1n) is 7.76. The number of nitrogens with zero attached hydrogens (tertiary/aromatic N) is 1. The first kappa shape index (κ1) is 15.5. The third-order valence-corrected chi connectivity index (χ3v) is 6.59. The second-order valence-electron chi connectivity index (χ2n) is 5.69. The first-order valence-corrected chi connectivity index (χ1v) is 10.5. The fraction of sp³-hybridized carbons (Fsp3) is 0. The number of aromatic amines is 1. The van der Waals surface area contributed by atoms with E-state index in [0.717, 1.165) is 27.1 Å². The summed E-state index contributed by atoms with van der Waals surface area (Å²) in [5.74, 6) is 1.06. The zero-order valence-corrected chi connectivity index (χ0v) is 16.7. The predicted octanol–water partition coefficient (Wildman–Crippen LogP) is 6.41. The molecule has 4 aromatic rings. The van der Waals surface area contributed by atoms with Gasteiger partial charge in [-0.15, -0.1) is 11.3 Å². The van der Waals surface area contributed by atoms with Gasteiger partial charge in [-0.25, -0.2) is 4.98 Å². The molecule has 2 N–H and O–H groups in total. The smallest absolute Gasteiger partial charge is 0.122 e. The van der Waals surface area contributed by atoms with Gasteiger partial charge < -0.3 is 10.3 Å². The van der Waals surface area contributed by atoms with Gasteiger partial charge in [-0.05, 0) is 52.4 Å². The van der Waals surface area contributed by atoms with E-state index in [1.165, 1.54) is 18.7 Å². The minimum absolute atomic E-state index is 1.03. The quantitative estimate of drug-likeness (QED) is 0.331. The number of thiazole rings is 1. The van der Waals surface area contributed by atoms with E-state index < -0.39 is 0 Å². The lowest BCUT2D eigenvalue weighted by atomic mass is 10.2. The molecule has 0 amide bonds. The summed E-state index contributed by atoms with van der Waals surface area (Å²) in [6.07, 6.45) is 2.12. The Bertz CT molecular complexity index is 1090. The number of rotatable bonds is 2. The lowest BCUT2D eigenvalue weighted by Crippen LogP contribution is -1.90. The maximum atomic E-state index is 4.72. The van der Waals surface area contributed by atoms with Gasteiger partial charge in [0.25, 0.3) is 0 Å². The van der Waals surface area contributed by atoms with Gasteiger partial charge in [0.2, 0.25) is 0 Å². The first-order chi connectivity index (χ1) is 12.2. The second-order valence-corrected chi connectivity index (χ2v) is 9.08. The van der Waals surface area contributed by atoms with Crippen molar-refractivity contribution in [3.8, 4) is 11.3 Å². The van der Waals surface area contributed by atoms with Crippen LogP contribution in [0.4, 0.5) is 5.82 Å². The van der Waals surface area contributed by atoms with Crippen molar-refractivity contribution >= 4 is 67.8 Å². The van der Waals surface area contributed by atoms with Crippen LogP contribution in [-0.4, -0.2) is 9.97 Å². The van der Waals surface area contributed by atoms with Crippen LogP contribution in [0.1, 0.15) is 5.01 Å². The molecule has 3 heterocycles. The topological polar surface area (TPSA) is 40.7 Å². The molecule has 0 saturated heterocycles. The van der Waals surface area contributed by atoms with Crippen LogP contribution < -0.4 is 5.32 Å². The number of aromatic nitrogens is 2. The van der Waals surface area contributed by atoms with Gasteiger partial charge in [0.05, 0.1) is 20.1 Å². The van der Waals surface area contributed by atoms with E-state index in [2.05, 4.69) is 87.5 Å².